The van der Waals surface area contributed by atoms with Crippen molar-refractivity contribution in [2.45, 2.75) is 13.1 Å². The molecular formula is C11H5F5O2. The Kier molecular flexibility index (Phi) is 2.71. The first kappa shape index (κ1) is 12.7. The monoisotopic (exact) mass is 264 g/mol. The van der Waals surface area contributed by atoms with Gasteiger partial charge in [0.25, 0.3) is 0 Å². The fourth-order valence-electron chi connectivity index (χ4n) is 1.82. The zero-order chi connectivity index (χ0) is 13.8. The molecule has 1 aromatic rings. The van der Waals surface area contributed by atoms with Gasteiger partial charge in [-0.3, -0.25) is 9.59 Å². The number of carbonyl (C=O) groups excluding carboxylic acids is 2. The van der Waals surface area contributed by atoms with E-state index in [1.165, 1.54) is 0 Å². The minimum atomic E-state index is -2.40. The summed E-state index contributed by atoms with van der Waals surface area (Å²) >= 11 is 0. The Bertz CT molecular complexity index is 531. The molecule has 0 heterocycles. The van der Waals surface area contributed by atoms with Crippen LogP contribution in [0.2, 0.25) is 0 Å². The Hall–Kier alpha value is -1.79. The van der Waals surface area contributed by atoms with E-state index in [1.54, 1.807) is 0 Å². The third-order valence-corrected chi connectivity index (χ3v) is 2.86. The molecule has 2 nitrogen and oxygen atoms in total. The highest BCUT2D eigenvalue weighted by Crippen LogP contribution is 2.33. The Morgan fingerprint density at radius 3 is 1.61 bits per heavy atom. The number of alkyl halides is 1. The van der Waals surface area contributed by atoms with Crippen molar-refractivity contribution in [1.82, 2.24) is 0 Å². The van der Waals surface area contributed by atoms with Gasteiger partial charge in [0, 0.05) is 0 Å². The van der Waals surface area contributed by atoms with Gasteiger partial charge in [0.2, 0.25) is 5.78 Å². The average Bonchev–Trinajstić information content (AvgIpc) is 2.35. The highest BCUT2D eigenvalue weighted by Gasteiger charge is 2.45. The van der Waals surface area contributed by atoms with Crippen LogP contribution in [0.3, 0.4) is 0 Å². The number of fused-ring (bicyclic) bond motifs is 1. The number of hydrogen-bond acceptors (Lipinski definition) is 2. The van der Waals surface area contributed by atoms with Gasteiger partial charge in [-0.15, -0.1) is 0 Å². The molecule has 2 rings (SSSR count). The van der Waals surface area contributed by atoms with Gasteiger partial charge in [0.05, 0.1) is 17.0 Å². The van der Waals surface area contributed by atoms with Crippen molar-refractivity contribution in [3.05, 3.63) is 34.4 Å². The molecule has 0 N–H and O–H groups in total. The molecule has 1 aliphatic carbocycles. The van der Waals surface area contributed by atoms with Crippen LogP contribution in [-0.2, 0) is 0 Å². The van der Waals surface area contributed by atoms with Gasteiger partial charge in [-0.05, 0) is 0 Å². The summed E-state index contributed by atoms with van der Waals surface area (Å²) in [7, 11) is 0. The number of rotatable bonds is 0. The van der Waals surface area contributed by atoms with Gasteiger partial charge in [-0.1, -0.05) is 6.92 Å². The highest BCUT2D eigenvalue weighted by molar-refractivity contribution is 6.17. The van der Waals surface area contributed by atoms with Crippen LogP contribution in [0.4, 0.5) is 22.0 Å². The van der Waals surface area contributed by atoms with E-state index in [4.69, 9.17) is 0 Å². The molecule has 18 heavy (non-hydrogen) atoms. The first-order valence-electron chi connectivity index (χ1n) is 4.87. The summed E-state index contributed by atoms with van der Waals surface area (Å²) in [5.41, 5.74) is -2.58. The van der Waals surface area contributed by atoms with E-state index in [2.05, 4.69) is 0 Å². The fourth-order valence-corrected chi connectivity index (χ4v) is 1.82. The summed E-state index contributed by atoms with van der Waals surface area (Å²) < 4.78 is 66.0. The molecule has 0 aromatic heterocycles. The van der Waals surface area contributed by atoms with Gasteiger partial charge in [-0.25, -0.2) is 22.0 Å². The summed E-state index contributed by atoms with van der Waals surface area (Å²) in [6.07, 6.45) is -2.40. The molecule has 0 radical (unpaired) electrons. The number of Topliss-reactive ketones (excluding diaryl/α,β-unsaturated/α-hetero) is 2. The van der Waals surface area contributed by atoms with Gasteiger partial charge < -0.3 is 0 Å². The van der Waals surface area contributed by atoms with Gasteiger partial charge in [0.15, 0.2) is 35.2 Å². The van der Waals surface area contributed by atoms with Crippen LogP contribution in [0, 0.1) is 29.2 Å². The molecule has 0 saturated heterocycles. The van der Waals surface area contributed by atoms with E-state index in [1.807, 2.05) is 0 Å². The lowest BCUT2D eigenvalue weighted by atomic mass is 9.81. The molecule has 0 bridgehead atoms. The maximum atomic E-state index is 13.4. The normalized spacial score (nSPS) is 23.2. The Morgan fingerprint density at radius 1 is 0.778 bits per heavy atom. The second-order valence-electron chi connectivity index (χ2n) is 3.92. The molecule has 0 saturated carbocycles. The van der Waals surface area contributed by atoms with Crippen molar-refractivity contribution in [2.24, 2.45) is 5.92 Å². The molecule has 1 aromatic carbocycles. The number of hydrogen-bond donors (Lipinski definition) is 0. The van der Waals surface area contributed by atoms with Gasteiger partial charge in [-0.2, -0.15) is 0 Å². The zero-order valence-electron chi connectivity index (χ0n) is 8.86. The molecule has 0 aliphatic heterocycles. The first-order chi connectivity index (χ1) is 8.29. The summed E-state index contributed by atoms with van der Waals surface area (Å²) in [4.78, 5) is 22.9. The van der Waals surface area contributed by atoms with Crippen molar-refractivity contribution >= 4 is 11.6 Å². The van der Waals surface area contributed by atoms with E-state index in [0.29, 0.717) is 0 Å². The second kappa shape index (κ2) is 3.86. The molecule has 2 unspecified atom stereocenters. The molecule has 0 amide bonds. The van der Waals surface area contributed by atoms with Crippen molar-refractivity contribution in [3.63, 3.8) is 0 Å². The van der Waals surface area contributed by atoms with Crippen molar-refractivity contribution in [2.75, 3.05) is 0 Å². The summed E-state index contributed by atoms with van der Waals surface area (Å²) in [5.74, 6) is -12.9. The lowest BCUT2D eigenvalue weighted by molar-refractivity contribution is 0.0684. The van der Waals surface area contributed by atoms with E-state index < -0.39 is 58.1 Å². The van der Waals surface area contributed by atoms with Crippen molar-refractivity contribution < 1.29 is 31.5 Å². The van der Waals surface area contributed by atoms with Crippen LogP contribution in [-0.4, -0.2) is 17.7 Å². The Morgan fingerprint density at radius 2 is 1.17 bits per heavy atom. The van der Waals surface area contributed by atoms with Gasteiger partial charge in [0.1, 0.15) is 0 Å². The quantitative estimate of drug-likeness (QED) is 0.410. The average molecular weight is 264 g/mol. The maximum absolute atomic E-state index is 13.4. The highest BCUT2D eigenvalue weighted by atomic mass is 19.2. The van der Waals surface area contributed by atoms with Crippen LogP contribution >= 0.6 is 0 Å². The molecule has 1 aliphatic rings. The molecule has 2 atom stereocenters. The number of carbonyl (C=O) groups is 2. The Labute approximate surface area is 97.4 Å². The predicted molar refractivity (Wildman–Crippen MR) is 49.0 cm³/mol. The summed E-state index contributed by atoms with van der Waals surface area (Å²) in [5, 5.41) is 0. The molecule has 0 spiro atoms. The molecular weight excluding hydrogens is 259 g/mol. The number of benzene rings is 1. The van der Waals surface area contributed by atoms with E-state index in [0.717, 1.165) is 6.92 Å². The third kappa shape index (κ3) is 1.39. The van der Waals surface area contributed by atoms with Gasteiger partial charge >= 0.3 is 0 Å². The third-order valence-electron chi connectivity index (χ3n) is 2.86. The smallest absolute Gasteiger partial charge is 0.201 e. The van der Waals surface area contributed by atoms with E-state index in [9.17, 15) is 31.5 Å². The fraction of sp³-hybridized carbons (Fsp3) is 0.273. The lowest BCUT2D eigenvalue weighted by Crippen LogP contribution is -2.38. The summed E-state index contributed by atoms with van der Waals surface area (Å²) in [6, 6.07) is 0. The van der Waals surface area contributed by atoms with E-state index >= 15 is 0 Å². The minimum Gasteiger partial charge on any atom is -0.294 e. The van der Waals surface area contributed by atoms with E-state index in [-0.39, 0.29) is 0 Å². The minimum absolute atomic E-state index is 0.979. The molecule has 7 heteroatoms. The predicted octanol–water partition coefficient (Wildman–Crippen LogP) is 2.60. The Balaban J connectivity index is 2.89. The topological polar surface area (TPSA) is 34.1 Å². The van der Waals surface area contributed by atoms with Crippen LogP contribution < -0.4 is 0 Å². The number of ketones is 2. The van der Waals surface area contributed by atoms with Crippen LogP contribution in [0.1, 0.15) is 27.6 Å². The van der Waals surface area contributed by atoms with Crippen molar-refractivity contribution in [3.8, 4) is 0 Å². The maximum Gasteiger partial charge on any atom is 0.201 e. The zero-order valence-corrected chi connectivity index (χ0v) is 8.86. The lowest BCUT2D eigenvalue weighted by Gasteiger charge is -2.23. The summed E-state index contributed by atoms with van der Waals surface area (Å²) in [6.45, 7) is 0.979. The largest absolute Gasteiger partial charge is 0.294 e. The van der Waals surface area contributed by atoms with Crippen LogP contribution in [0.15, 0.2) is 0 Å². The molecule has 0 fully saturated rings. The second-order valence-corrected chi connectivity index (χ2v) is 3.92. The standard InChI is InChI=1S/C11H5F5O2/c1-2-5(12)11(18)4-3(10(2)17)6(13)8(15)9(16)7(4)14/h2,5H,1H3. The first-order valence-corrected chi connectivity index (χ1v) is 4.87. The van der Waals surface area contributed by atoms with Crippen molar-refractivity contribution in [1.29, 1.82) is 0 Å². The van der Waals surface area contributed by atoms with Crippen LogP contribution in [0.25, 0.3) is 0 Å². The SMILES string of the molecule is CC1C(=O)c2c(F)c(F)c(F)c(F)c2C(=O)C1F. The van der Waals surface area contributed by atoms with Crippen LogP contribution in [0.5, 0.6) is 0 Å². The number of halogens is 5. The molecule has 96 valence electrons.